The zero-order chi connectivity index (χ0) is 19.6. The topological polar surface area (TPSA) is 105 Å². The molecule has 3 rings (SSSR count). The van der Waals surface area contributed by atoms with Crippen LogP contribution in [0.25, 0.3) is 0 Å². The van der Waals surface area contributed by atoms with E-state index in [1.807, 2.05) is 0 Å². The summed E-state index contributed by atoms with van der Waals surface area (Å²) in [7, 11) is -3.93. The van der Waals surface area contributed by atoms with Gasteiger partial charge in [0.1, 0.15) is 6.61 Å². The van der Waals surface area contributed by atoms with Gasteiger partial charge in [-0.2, -0.15) is 0 Å². The van der Waals surface area contributed by atoms with Gasteiger partial charge in [-0.05, 0) is 42.3 Å². The van der Waals surface area contributed by atoms with Crippen LogP contribution in [0.1, 0.15) is 27.9 Å². The molecule has 1 aliphatic rings. The van der Waals surface area contributed by atoms with E-state index in [0.717, 1.165) is 6.42 Å². The van der Waals surface area contributed by atoms with Crippen LogP contribution in [0.15, 0.2) is 35.2 Å². The van der Waals surface area contributed by atoms with Crippen LogP contribution < -0.4 is 14.6 Å². The van der Waals surface area contributed by atoms with Gasteiger partial charge in [-0.15, -0.1) is 0 Å². The number of carbonyl (C=O) groups excluding carboxylic acids is 1. The summed E-state index contributed by atoms with van der Waals surface area (Å²) in [5.41, 5.74) is 1.16. The van der Waals surface area contributed by atoms with E-state index in [1.54, 1.807) is 19.1 Å². The molecule has 0 saturated carbocycles. The molecule has 0 spiro atoms. The van der Waals surface area contributed by atoms with E-state index in [0.29, 0.717) is 40.9 Å². The van der Waals surface area contributed by atoms with Crippen molar-refractivity contribution in [2.24, 2.45) is 5.14 Å². The summed E-state index contributed by atoms with van der Waals surface area (Å²) in [6.07, 6.45) is 0.745. The fraction of sp³-hybridized carbons (Fsp3) is 0.278. The highest BCUT2D eigenvalue weighted by Crippen LogP contribution is 2.38. The number of hydrogen-bond acceptors (Lipinski definition) is 6. The Morgan fingerprint density at radius 3 is 2.70 bits per heavy atom. The van der Waals surface area contributed by atoms with Crippen molar-refractivity contribution in [3.8, 4) is 11.5 Å². The Labute approximate surface area is 162 Å². The zero-order valence-electron chi connectivity index (χ0n) is 14.5. The maximum absolute atomic E-state index is 12.3. The second-order valence-electron chi connectivity index (χ2n) is 6.06. The van der Waals surface area contributed by atoms with Gasteiger partial charge in [-0.25, -0.2) is 18.4 Å². The number of carbonyl (C=O) groups is 1. The molecule has 9 heteroatoms. The summed E-state index contributed by atoms with van der Waals surface area (Å²) in [6, 6.07) is 7.51. The minimum absolute atomic E-state index is 0.0617. The Balaban J connectivity index is 1.77. The average molecular weight is 412 g/mol. The third-order valence-corrected chi connectivity index (χ3v) is 5.30. The number of ether oxygens (including phenoxy) is 3. The molecule has 144 valence electrons. The first kappa shape index (κ1) is 19.5. The smallest absolute Gasteiger partial charge is 0.338 e. The third-order valence-electron chi connectivity index (χ3n) is 3.96. The molecule has 1 aliphatic heterocycles. The van der Waals surface area contributed by atoms with Crippen LogP contribution >= 0.6 is 11.6 Å². The average Bonchev–Trinajstić information content (AvgIpc) is 2.85. The molecule has 2 aromatic carbocycles. The summed E-state index contributed by atoms with van der Waals surface area (Å²) in [5.74, 6) is 0.293. The number of primary sulfonamides is 1. The second kappa shape index (κ2) is 7.75. The van der Waals surface area contributed by atoms with Crippen LogP contribution in [-0.4, -0.2) is 27.6 Å². The summed E-state index contributed by atoms with van der Waals surface area (Å²) in [5, 5.41) is 5.53. The number of aryl methyl sites for hydroxylation is 1. The number of fused-ring (bicyclic) bond motifs is 1. The van der Waals surface area contributed by atoms with Crippen molar-refractivity contribution in [3.05, 3.63) is 52.0 Å². The molecular formula is C18H18ClNO6S. The lowest BCUT2D eigenvalue weighted by Gasteiger charge is -2.12. The molecule has 0 atom stereocenters. The van der Waals surface area contributed by atoms with Gasteiger partial charge in [0.2, 0.25) is 10.0 Å². The minimum Gasteiger partial charge on any atom is -0.489 e. The lowest BCUT2D eigenvalue weighted by atomic mass is 10.1. The van der Waals surface area contributed by atoms with Crippen molar-refractivity contribution < 1.29 is 27.4 Å². The quantitative estimate of drug-likeness (QED) is 0.775. The number of rotatable bonds is 4. The minimum atomic E-state index is -3.93. The molecule has 1 heterocycles. The zero-order valence-corrected chi connectivity index (χ0v) is 16.1. The van der Waals surface area contributed by atoms with Gasteiger partial charge in [-0.1, -0.05) is 17.7 Å². The van der Waals surface area contributed by atoms with Crippen molar-refractivity contribution in [1.29, 1.82) is 0 Å². The monoisotopic (exact) mass is 411 g/mol. The van der Waals surface area contributed by atoms with Gasteiger partial charge < -0.3 is 14.2 Å². The van der Waals surface area contributed by atoms with Gasteiger partial charge in [-0.3, -0.25) is 0 Å². The van der Waals surface area contributed by atoms with Crippen LogP contribution in [0.4, 0.5) is 0 Å². The molecule has 0 amide bonds. The molecule has 0 radical (unpaired) electrons. The molecular weight excluding hydrogens is 394 g/mol. The van der Waals surface area contributed by atoms with E-state index < -0.39 is 16.0 Å². The van der Waals surface area contributed by atoms with Gasteiger partial charge in [0.15, 0.2) is 11.5 Å². The Morgan fingerprint density at radius 2 is 1.96 bits per heavy atom. The van der Waals surface area contributed by atoms with Crippen molar-refractivity contribution in [2.75, 3.05) is 13.2 Å². The highest BCUT2D eigenvalue weighted by atomic mass is 35.5. The lowest BCUT2D eigenvalue weighted by molar-refractivity contribution is 0.0472. The largest absolute Gasteiger partial charge is 0.489 e. The highest BCUT2D eigenvalue weighted by molar-refractivity contribution is 7.89. The molecule has 0 aromatic heterocycles. The standard InChI is InChI=1S/C18H18ClNO6S/c1-11-3-4-13(9-16(11)27(20,22)23)18(21)26-10-12-7-14(19)17-15(8-12)24-5-2-6-25-17/h3-4,7-9H,2,5-6,10H2,1H3,(H2,20,22,23). The van der Waals surface area contributed by atoms with E-state index in [2.05, 4.69) is 0 Å². The molecule has 0 bridgehead atoms. The van der Waals surface area contributed by atoms with Gasteiger partial charge in [0.05, 0.1) is 28.7 Å². The fourth-order valence-electron chi connectivity index (χ4n) is 2.63. The van der Waals surface area contributed by atoms with Crippen molar-refractivity contribution in [1.82, 2.24) is 0 Å². The van der Waals surface area contributed by atoms with Gasteiger partial charge >= 0.3 is 5.97 Å². The normalized spacial score (nSPS) is 13.7. The van der Waals surface area contributed by atoms with Crippen LogP contribution in [0.2, 0.25) is 5.02 Å². The maximum atomic E-state index is 12.3. The number of sulfonamides is 1. The first-order valence-corrected chi connectivity index (χ1v) is 10.1. The van der Waals surface area contributed by atoms with E-state index >= 15 is 0 Å². The van der Waals surface area contributed by atoms with Crippen LogP contribution in [0.5, 0.6) is 11.5 Å². The fourth-order valence-corrected chi connectivity index (χ4v) is 3.73. The van der Waals surface area contributed by atoms with Crippen molar-refractivity contribution in [3.63, 3.8) is 0 Å². The first-order chi connectivity index (χ1) is 12.8. The Bertz CT molecular complexity index is 990. The highest BCUT2D eigenvalue weighted by Gasteiger charge is 2.18. The lowest BCUT2D eigenvalue weighted by Crippen LogP contribution is -2.15. The molecule has 27 heavy (non-hydrogen) atoms. The van der Waals surface area contributed by atoms with Crippen LogP contribution in [0.3, 0.4) is 0 Å². The van der Waals surface area contributed by atoms with Crippen molar-refractivity contribution in [2.45, 2.75) is 24.8 Å². The Kier molecular flexibility index (Phi) is 5.59. The molecule has 0 fully saturated rings. The summed E-state index contributed by atoms with van der Waals surface area (Å²) < 4.78 is 39.6. The van der Waals surface area contributed by atoms with E-state index in [4.69, 9.17) is 31.0 Å². The summed E-state index contributed by atoms with van der Waals surface area (Å²) >= 11 is 6.21. The Morgan fingerprint density at radius 1 is 1.22 bits per heavy atom. The number of nitrogens with two attached hydrogens (primary N) is 1. The first-order valence-electron chi connectivity index (χ1n) is 8.14. The second-order valence-corrected chi connectivity index (χ2v) is 7.99. The van der Waals surface area contributed by atoms with Crippen LogP contribution in [0, 0.1) is 6.92 Å². The van der Waals surface area contributed by atoms with Gasteiger partial charge in [0, 0.05) is 6.42 Å². The molecule has 0 saturated heterocycles. The SMILES string of the molecule is Cc1ccc(C(=O)OCc2cc(Cl)c3c(c2)OCCCO3)cc1S(N)(=O)=O. The molecule has 7 nitrogen and oxygen atoms in total. The molecule has 0 aliphatic carbocycles. The number of benzene rings is 2. The number of halogens is 1. The van der Waals surface area contributed by atoms with E-state index in [9.17, 15) is 13.2 Å². The Hall–Kier alpha value is -2.29. The third kappa shape index (κ3) is 4.52. The molecule has 2 N–H and O–H groups in total. The summed E-state index contributed by atoms with van der Waals surface area (Å²) in [4.78, 5) is 12.2. The van der Waals surface area contributed by atoms with Gasteiger partial charge in [0.25, 0.3) is 0 Å². The van der Waals surface area contributed by atoms with Crippen LogP contribution in [-0.2, 0) is 21.4 Å². The molecule has 0 unspecified atom stereocenters. The van der Waals surface area contributed by atoms with Crippen molar-refractivity contribution >= 4 is 27.6 Å². The predicted octanol–water partition coefficient (Wildman–Crippen LogP) is 2.81. The number of esters is 1. The summed E-state index contributed by atoms with van der Waals surface area (Å²) in [6.45, 7) is 2.55. The van der Waals surface area contributed by atoms with E-state index in [1.165, 1.54) is 18.2 Å². The number of hydrogen-bond donors (Lipinski definition) is 1. The van der Waals surface area contributed by atoms with E-state index in [-0.39, 0.29) is 17.1 Å². The predicted molar refractivity (Wildman–Crippen MR) is 98.7 cm³/mol. The maximum Gasteiger partial charge on any atom is 0.338 e. The molecule has 2 aromatic rings.